The Kier molecular flexibility index (Phi) is 4.77. The molecule has 1 fully saturated rings. The van der Waals surface area contributed by atoms with E-state index < -0.39 is 0 Å². The van der Waals surface area contributed by atoms with Crippen LogP contribution in [-0.2, 0) is 0 Å². The SMILES string of the molecule is Cc1ccc(C(N)=S)c(NCC2CCN(C)CC2)c1. The molecule has 3 N–H and O–H groups in total. The maximum Gasteiger partial charge on any atom is 0.106 e. The normalized spacial score (nSPS) is 17.4. The Bertz CT molecular complexity index is 451. The second-order valence-electron chi connectivity index (χ2n) is 5.54. The number of rotatable bonds is 4. The van der Waals surface area contributed by atoms with Crippen molar-refractivity contribution in [2.24, 2.45) is 11.7 Å². The summed E-state index contributed by atoms with van der Waals surface area (Å²) in [6, 6.07) is 6.19. The molecule has 1 aromatic carbocycles. The molecule has 0 atom stereocenters. The Morgan fingerprint density at radius 1 is 1.42 bits per heavy atom. The number of piperidine rings is 1. The predicted octanol–water partition coefficient (Wildman–Crippen LogP) is 2.38. The molecule has 1 aliphatic rings. The van der Waals surface area contributed by atoms with E-state index in [1.165, 1.54) is 31.5 Å². The van der Waals surface area contributed by atoms with Gasteiger partial charge in [-0.25, -0.2) is 0 Å². The van der Waals surface area contributed by atoms with Crippen LogP contribution in [0.5, 0.6) is 0 Å². The van der Waals surface area contributed by atoms with Crippen molar-refractivity contribution in [3.8, 4) is 0 Å². The monoisotopic (exact) mass is 277 g/mol. The molecule has 2 rings (SSSR count). The van der Waals surface area contributed by atoms with Gasteiger partial charge in [0.25, 0.3) is 0 Å². The summed E-state index contributed by atoms with van der Waals surface area (Å²) in [7, 11) is 2.19. The Morgan fingerprint density at radius 2 is 2.11 bits per heavy atom. The Balaban J connectivity index is 1.98. The number of thiocarbonyl (C=S) groups is 1. The van der Waals surface area contributed by atoms with Crippen LogP contribution in [0.3, 0.4) is 0 Å². The smallest absolute Gasteiger partial charge is 0.106 e. The molecule has 0 unspecified atom stereocenters. The van der Waals surface area contributed by atoms with Crippen molar-refractivity contribution in [3.05, 3.63) is 29.3 Å². The van der Waals surface area contributed by atoms with Gasteiger partial charge in [-0.05, 0) is 63.5 Å². The van der Waals surface area contributed by atoms with Crippen LogP contribution in [0.4, 0.5) is 5.69 Å². The summed E-state index contributed by atoms with van der Waals surface area (Å²) in [5.41, 5.74) is 9.03. The van der Waals surface area contributed by atoms with Gasteiger partial charge in [-0.1, -0.05) is 18.3 Å². The minimum atomic E-state index is 0.464. The quantitative estimate of drug-likeness (QED) is 0.829. The Labute approximate surface area is 121 Å². The largest absolute Gasteiger partial charge is 0.389 e. The van der Waals surface area contributed by atoms with E-state index in [-0.39, 0.29) is 0 Å². The number of benzene rings is 1. The van der Waals surface area contributed by atoms with Crippen LogP contribution in [0.15, 0.2) is 18.2 Å². The second kappa shape index (κ2) is 6.35. The molecular formula is C15H23N3S. The lowest BCUT2D eigenvalue weighted by Crippen LogP contribution is -2.33. The highest BCUT2D eigenvalue weighted by Gasteiger charge is 2.16. The average molecular weight is 277 g/mol. The molecule has 0 aromatic heterocycles. The molecule has 1 saturated heterocycles. The number of nitrogens with two attached hydrogens (primary N) is 1. The molecule has 3 nitrogen and oxygen atoms in total. The lowest BCUT2D eigenvalue weighted by molar-refractivity contribution is 0.226. The second-order valence-corrected chi connectivity index (χ2v) is 5.98. The van der Waals surface area contributed by atoms with Crippen molar-refractivity contribution in [1.29, 1.82) is 0 Å². The molecule has 0 amide bonds. The minimum Gasteiger partial charge on any atom is -0.389 e. The first kappa shape index (κ1) is 14.3. The molecule has 19 heavy (non-hydrogen) atoms. The van der Waals surface area contributed by atoms with Gasteiger partial charge in [-0.2, -0.15) is 0 Å². The zero-order valence-electron chi connectivity index (χ0n) is 11.8. The summed E-state index contributed by atoms with van der Waals surface area (Å²) in [4.78, 5) is 2.86. The van der Waals surface area contributed by atoms with E-state index in [4.69, 9.17) is 18.0 Å². The highest BCUT2D eigenvalue weighted by molar-refractivity contribution is 7.80. The van der Waals surface area contributed by atoms with E-state index in [0.29, 0.717) is 4.99 Å². The van der Waals surface area contributed by atoms with Crippen LogP contribution in [0, 0.1) is 12.8 Å². The molecule has 1 aliphatic heterocycles. The van der Waals surface area contributed by atoms with Gasteiger partial charge in [0.2, 0.25) is 0 Å². The van der Waals surface area contributed by atoms with Crippen molar-refractivity contribution in [2.45, 2.75) is 19.8 Å². The summed E-state index contributed by atoms with van der Waals surface area (Å²) in [5, 5.41) is 3.53. The number of aryl methyl sites for hydroxylation is 1. The van der Waals surface area contributed by atoms with Crippen LogP contribution >= 0.6 is 12.2 Å². The van der Waals surface area contributed by atoms with Crippen LogP contribution < -0.4 is 11.1 Å². The lowest BCUT2D eigenvalue weighted by Gasteiger charge is -2.29. The van der Waals surface area contributed by atoms with Crippen molar-refractivity contribution < 1.29 is 0 Å². The van der Waals surface area contributed by atoms with Crippen LogP contribution in [-0.4, -0.2) is 36.6 Å². The van der Waals surface area contributed by atoms with Crippen molar-refractivity contribution in [3.63, 3.8) is 0 Å². The fraction of sp³-hybridized carbons (Fsp3) is 0.533. The van der Waals surface area contributed by atoms with Gasteiger partial charge in [0.05, 0.1) is 0 Å². The molecular weight excluding hydrogens is 254 g/mol. The van der Waals surface area contributed by atoms with Gasteiger partial charge in [-0.15, -0.1) is 0 Å². The maximum absolute atomic E-state index is 5.78. The summed E-state index contributed by atoms with van der Waals surface area (Å²) >= 11 is 5.11. The number of nitrogens with zero attached hydrogens (tertiary/aromatic N) is 1. The van der Waals surface area contributed by atoms with Crippen molar-refractivity contribution >= 4 is 22.9 Å². The third kappa shape index (κ3) is 3.91. The first-order valence-electron chi connectivity index (χ1n) is 6.89. The molecule has 4 heteroatoms. The van der Waals surface area contributed by atoms with E-state index in [2.05, 4.69) is 36.3 Å². The summed E-state index contributed by atoms with van der Waals surface area (Å²) in [6.07, 6.45) is 2.52. The zero-order chi connectivity index (χ0) is 13.8. The topological polar surface area (TPSA) is 41.3 Å². The number of anilines is 1. The molecule has 104 valence electrons. The molecule has 0 radical (unpaired) electrons. The Morgan fingerprint density at radius 3 is 2.74 bits per heavy atom. The van der Waals surface area contributed by atoms with Crippen molar-refractivity contribution in [2.75, 3.05) is 32.0 Å². The fourth-order valence-electron chi connectivity index (χ4n) is 2.54. The third-order valence-corrected chi connectivity index (χ3v) is 4.08. The van der Waals surface area contributed by atoms with Gasteiger partial charge in [0, 0.05) is 17.8 Å². The van der Waals surface area contributed by atoms with Crippen LogP contribution in [0.25, 0.3) is 0 Å². The van der Waals surface area contributed by atoms with E-state index >= 15 is 0 Å². The molecule has 0 saturated carbocycles. The fourth-order valence-corrected chi connectivity index (χ4v) is 2.72. The number of likely N-dealkylation sites (tertiary alicyclic amines) is 1. The van der Waals surface area contributed by atoms with E-state index in [1.807, 2.05) is 6.07 Å². The Hall–Kier alpha value is -1.13. The number of nitrogens with one attached hydrogen (secondary N) is 1. The van der Waals surface area contributed by atoms with Crippen LogP contribution in [0.1, 0.15) is 24.0 Å². The standard InChI is InChI=1S/C15H23N3S/c1-11-3-4-13(15(16)19)14(9-11)17-10-12-5-7-18(2)8-6-12/h3-4,9,12,17H,5-8,10H2,1-2H3,(H2,16,19). The third-order valence-electron chi connectivity index (χ3n) is 3.86. The average Bonchev–Trinajstić information content (AvgIpc) is 2.38. The summed E-state index contributed by atoms with van der Waals surface area (Å²) in [6.45, 7) is 5.49. The van der Waals surface area contributed by atoms with E-state index in [0.717, 1.165) is 23.7 Å². The first-order valence-corrected chi connectivity index (χ1v) is 7.30. The predicted molar refractivity (Wildman–Crippen MR) is 85.8 cm³/mol. The van der Waals surface area contributed by atoms with E-state index in [1.54, 1.807) is 0 Å². The molecule has 0 spiro atoms. The molecule has 0 aliphatic carbocycles. The molecule has 1 heterocycles. The summed E-state index contributed by atoms with van der Waals surface area (Å²) in [5.74, 6) is 0.746. The highest BCUT2D eigenvalue weighted by Crippen LogP contribution is 2.21. The van der Waals surface area contributed by atoms with Gasteiger partial charge < -0.3 is 16.0 Å². The minimum absolute atomic E-state index is 0.464. The van der Waals surface area contributed by atoms with Crippen molar-refractivity contribution in [1.82, 2.24) is 4.90 Å². The first-order chi connectivity index (χ1) is 9.06. The summed E-state index contributed by atoms with van der Waals surface area (Å²) < 4.78 is 0. The zero-order valence-corrected chi connectivity index (χ0v) is 12.6. The van der Waals surface area contributed by atoms with Gasteiger partial charge in [0.1, 0.15) is 4.99 Å². The van der Waals surface area contributed by atoms with E-state index in [9.17, 15) is 0 Å². The molecule has 1 aromatic rings. The molecule has 0 bridgehead atoms. The highest BCUT2D eigenvalue weighted by atomic mass is 32.1. The lowest BCUT2D eigenvalue weighted by atomic mass is 9.97. The van der Waals surface area contributed by atoms with Crippen LogP contribution in [0.2, 0.25) is 0 Å². The number of hydrogen-bond acceptors (Lipinski definition) is 3. The van der Waals surface area contributed by atoms with Gasteiger partial charge in [-0.3, -0.25) is 0 Å². The van der Waals surface area contributed by atoms with Gasteiger partial charge >= 0.3 is 0 Å². The number of hydrogen-bond donors (Lipinski definition) is 2. The van der Waals surface area contributed by atoms with Gasteiger partial charge in [0.15, 0.2) is 0 Å². The maximum atomic E-state index is 5.78.